The molecule has 0 radical (unpaired) electrons. The van der Waals surface area contributed by atoms with E-state index >= 15 is 0 Å². The molecule has 2 unspecified atom stereocenters. The lowest BCUT2D eigenvalue weighted by Crippen LogP contribution is -2.09. The average Bonchev–Trinajstić information content (AvgIpc) is 2.81. The number of rotatable bonds is 3. The second kappa shape index (κ2) is 4.79. The minimum atomic E-state index is -0.985. The van der Waals surface area contributed by atoms with Crippen molar-refractivity contribution < 1.29 is 9.18 Å². The number of carbonyl (C=O) groups is 1. The van der Waals surface area contributed by atoms with Gasteiger partial charge in [-0.1, -0.05) is 24.3 Å². The van der Waals surface area contributed by atoms with E-state index in [1.807, 2.05) is 0 Å². The molecule has 3 heteroatoms. The second-order valence-corrected chi connectivity index (χ2v) is 4.92. The summed E-state index contributed by atoms with van der Waals surface area (Å²) in [7, 11) is 0. The Balaban J connectivity index is 2.23. The van der Waals surface area contributed by atoms with E-state index in [0.29, 0.717) is 11.1 Å². The Labute approximate surface area is 93.1 Å². The fraction of sp³-hybridized carbons (Fsp3) is 0.417. The lowest BCUT2D eigenvalue weighted by Gasteiger charge is -2.16. The third kappa shape index (κ3) is 2.23. The van der Waals surface area contributed by atoms with E-state index in [1.165, 1.54) is 0 Å². The van der Waals surface area contributed by atoms with E-state index in [9.17, 15) is 9.18 Å². The number of thioether (sulfide) groups is 1. The number of hydrogen-bond acceptors (Lipinski definition) is 2. The molecule has 0 N–H and O–H groups in total. The third-order valence-corrected chi connectivity index (χ3v) is 3.99. The van der Waals surface area contributed by atoms with Crippen LogP contribution in [0.3, 0.4) is 0 Å². The molecule has 0 bridgehead atoms. The van der Waals surface area contributed by atoms with E-state index in [2.05, 4.69) is 0 Å². The summed E-state index contributed by atoms with van der Waals surface area (Å²) in [6.45, 7) is 0. The zero-order valence-electron chi connectivity index (χ0n) is 8.36. The first-order valence-electron chi connectivity index (χ1n) is 5.09. The van der Waals surface area contributed by atoms with Gasteiger partial charge in [0.05, 0.1) is 0 Å². The first kappa shape index (κ1) is 10.7. The van der Waals surface area contributed by atoms with Crippen molar-refractivity contribution >= 4 is 18.0 Å². The number of halogens is 1. The molecule has 80 valence electrons. The highest BCUT2D eigenvalue weighted by atomic mass is 32.2. The minimum Gasteiger partial charge on any atom is -0.298 e. The quantitative estimate of drug-likeness (QED) is 0.733. The molecule has 1 aromatic rings. The number of aldehydes is 1. The van der Waals surface area contributed by atoms with E-state index in [4.69, 9.17) is 0 Å². The van der Waals surface area contributed by atoms with Crippen LogP contribution in [0.2, 0.25) is 0 Å². The highest BCUT2D eigenvalue weighted by Crippen LogP contribution is 2.37. The molecule has 1 aliphatic rings. The summed E-state index contributed by atoms with van der Waals surface area (Å²) in [6, 6.07) is 6.95. The van der Waals surface area contributed by atoms with Crippen LogP contribution in [-0.2, 0) is 0 Å². The molecular formula is C12H13FOS. The van der Waals surface area contributed by atoms with Crippen molar-refractivity contribution in [2.24, 2.45) is 5.92 Å². The monoisotopic (exact) mass is 224 g/mol. The molecule has 0 amide bonds. The van der Waals surface area contributed by atoms with Crippen molar-refractivity contribution in [3.05, 3.63) is 35.4 Å². The van der Waals surface area contributed by atoms with E-state index in [-0.39, 0.29) is 5.92 Å². The molecule has 0 aromatic heterocycles. The van der Waals surface area contributed by atoms with Gasteiger partial charge in [0.15, 0.2) is 0 Å². The smallest absolute Gasteiger partial charge is 0.150 e. The molecule has 15 heavy (non-hydrogen) atoms. The van der Waals surface area contributed by atoms with Gasteiger partial charge in [-0.3, -0.25) is 4.79 Å². The Kier molecular flexibility index (Phi) is 3.41. The maximum absolute atomic E-state index is 14.1. The maximum atomic E-state index is 14.1. The first-order valence-corrected chi connectivity index (χ1v) is 6.24. The fourth-order valence-corrected chi connectivity index (χ4v) is 3.18. The highest BCUT2D eigenvalue weighted by molar-refractivity contribution is 7.99. The van der Waals surface area contributed by atoms with Crippen LogP contribution in [0.5, 0.6) is 0 Å². The molecule has 0 spiro atoms. The summed E-state index contributed by atoms with van der Waals surface area (Å²) in [5, 5.41) is 0. The fourth-order valence-electron chi connectivity index (χ4n) is 1.91. The van der Waals surface area contributed by atoms with Gasteiger partial charge < -0.3 is 0 Å². The van der Waals surface area contributed by atoms with Gasteiger partial charge in [-0.2, -0.15) is 11.8 Å². The van der Waals surface area contributed by atoms with E-state index in [0.717, 1.165) is 24.2 Å². The van der Waals surface area contributed by atoms with Crippen LogP contribution >= 0.6 is 11.8 Å². The predicted molar refractivity (Wildman–Crippen MR) is 61.1 cm³/mol. The molecule has 1 aliphatic heterocycles. The number of benzene rings is 1. The van der Waals surface area contributed by atoms with Crippen molar-refractivity contribution in [2.45, 2.75) is 12.6 Å². The molecule has 1 heterocycles. The van der Waals surface area contributed by atoms with Gasteiger partial charge in [-0.05, 0) is 23.5 Å². The van der Waals surface area contributed by atoms with Crippen molar-refractivity contribution in [3.63, 3.8) is 0 Å². The van der Waals surface area contributed by atoms with Gasteiger partial charge in [0.2, 0.25) is 0 Å². The molecule has 0 aliphatic carbocycles. The summed E-state index contributed by atoms with van der Waals surface area (Å²) in [6.07, 6.45) is 0.671. The molecule has 1 aromatic carbocycles. The van der Waals surface area contributed by atoms with Gasteiger partial charge in [0.25, 0.3) is 0 Å². The first-order chi connectivity index (χ1) is 7.33. The van der Waals surface area contributed by atoms with Crippen LogP contribution in [-0.4, -0.2) is 17.8 Å². The standard InChI is InChI=1S/C12H13FOS/c13-12(10-5-6-15-8-10)11-4-2-1-3-9(11)7-14/h1-4,7,10,12H,5-6,8H2. The SMILES string of the molecule is O=Cc1ccccc1C(F)C1CCSC1. The Bertz CT molecular complexity index is 347. The zero-order valence-corrected chi connectivity index (χ0v) is 9.17. The molecule has 0 saturated carbocycles. The number of hydrogen-bond donors (Lipinski definition) is 0. The largest absolute Gasteiger partial charge is 0.298 e. The summed E-state index contributed by atoms with van der Waals surface area (Å²) in [5.41, 5.74) is 1.04. The molecular weight excluding hydrogens is 211 g/mol. The summed E-state index contributed by atoms with van der Waals surface area (Å²) in [5.74, 6) is 1.99. The van der Waals surface area contributed by atoms with Crippen molar-refractivity contribution in [1.29, 1.82) is 0 Å². The lowest BCUT2D eigenvalue weighted by atomic mass is 9.93. The minimum absolute atomic E-state index is 0.0797. The van der Waals surface area contributed by atoms with Crippen LogP contribution < -0.4 is 0 Å². The summed E-state index contributed by atoms with van der Waals surface area (Å²) in [4.78, 5) is 10.8. The average molecular weight is 224 g/mol. The van der Waals surface area contributed by atoms with E-state index < -0.39 is 6.17 Å². The highest BCUT2D eigenvalue weighted by Gasteiger charge is 2.27. The van der Waals surface area contributed by atoms with Gasteiger partial charge in [0, 0.05) is 11.5 Å². The Morgan fingerprint density at radius 3 is 2.93 bits per heavy atom. The van der Waals surface area contributed by atoms with Crippen molar-refractivity contribution in [1.82, 2.24) is 0 Å². The number of carbonyl (C=O) groups excluding carboxylic acids is 1. The zero-order chi connectivity index (χ0) is 10.7. The van der Waals surface area contributed by atoms with Gasteiger partial charge in [-0.15, -0.1) is 0 Å². The lowest BCUT2D eigenvalue weighted by molar-refractivity contribution is 0.111. The molecule has 2 atom stereocenters. The molecule has 2 rings (SSSR count). The molecule has 1 nitrogen and oxygen atoms in total. The summed E-state index contributed by atoms with van der Waals surface area (Å²) >= 11 is 1.79. The summed E-state index contributed by atoms with van der Waals surface area (Å²) < 4.78 is 14.1. The van der Waals surface area contributed by atoms with Crippen molar-refractivity contribution in [2.75, 3.05) is 11.5 Å². The van der Waals surface area contributed by atoms with Gasteiger partial charge >= 0.3 is 0 Å². The van der Waals surface area contributed by atoms with Gasteiger partial charge in [0.1, 0.15) is 12.5 Å². The maximum Gasteiger partial charge on any atom is 0.150 e. The number of alkyl halides is 1. The third-order valence-electron chi connectivity index (χ3n) is 2.80. The van der Waals surface area contributed by atoms with Crippen LogP contribution in [0.1, 0.15) is 28.5 Å². The predicted octanol–water partition coefficient (Wildman–Crippen LogP) is 3.26. The van der Waals surface area contributed by atoms with Crippen LogP contribution in [0.15, 0.2) is 24.3 Å². The van der Waals surface area contributed by atoms with Crippen LogP contribution in [0.25, 0.3) is 0 Å². The van der Waals surface area contributed by atoms with Crippen LogP contribution in [0, 0.1) is 5.92 Å². The van der Waals surface area contributed by atoms with Crippen LogP contribution in [0.4, 0.5) is 4.39 Å². The Morgan fingerprint density at radius 1 is 1.47 bits per heavy atom. The Morgan fingerprint density at radius 2 is 2.27 bits per heavy atom. The normalized spacial score (nSPS) is 22.6. The topological polar surface area (TPSA) is 17.1 Å². The molecule has 1 saturated heterocycles. The van der Waals surface area contributed by atoms with Crippen molar-refractivity contribution in [3.8, 4) is 0 Å². The second-order valence-electron chi connectivity index (χ2n) is 3.77. The van der Waals surface area contributed by atoms with E-state index in [1.54, 1.807) is 36.0 Å². The Hall–Kier alpha value is -0.830. The molecule has 1 fully saturated rings. The van der Waals surface area contributed by atoms with Gasteiger partial charge in [-0.25, -0.2) is 4.39 Å².